The van der Waals surface area contributed by atoms with Gasteiger partial charge in [-0.2, -0.15) is 13.2 Å². The Morgan fingerprint density at radius 2 is 1.93 bits per heavy atom. The Balaban J connectivity index is 1.53. The van der Waals surface area contributed by atoms with E-state index in [0.29, 0.717) is 12.5 Å². The van der Waals surface area contributed by atoms with E-state index < -0.39 is 57.7 Å². The number of aromatic nitrogens is 1. The minimum Gasteiger partial charge on any atom is -0.489 e. The van der Waals surface area contributed by atoms with E-state index in [-0.39, 0.29) is 48.1 Å². The van der Waals surface area contributed by atoms with Crippen LogP contribution in [0.4, 0.5) is 23.2 Å². The molecule has 1 aromatic carbocycles. The fourth-order valence-electron chi connectivity index (χ4n) is 4.54. The van der Waals surface area contributed by atoms with Gasteiger partial charge in [0.05, 0.1) is 6.61 Å². The number of aryl methyl sites for hydroxylation is 2. The van der Waals surface area contributed by atoms with Gasteiger partial charge in [0.1, 0.15) is 16.8 Å². The van der Waals surface area contributed by atoms with Crippen molar-refractivity contribution in [2.45, 2.75) is 43.4 Å². The molecule has 4 rings (SSSR count). The fraction of sp³-hybridized carbons (Fsp3) is 0.458. The number of carbonyl (C=O) groups is 3. The average molecular weight is 590 g/mol. The molecule has 0 bridgehead atoms. The molecule has 1 saturated heterocycles. The van der Waals surface area contributed by atoms with Crippen LogP contribution in [0.1, 0.15) is 29.4 Å². The summed E-state index contributed by atoms with van der Waals surface area (Å²) in [6.45, 7) is 1.86. The van der Waals surface area contributed by atoms with Crippen molar-refractivity contribution in [3.05, 3.63) is 41.5 Å². The Morgan fingerprint density at radius 1 is 1.23 bits per heavy atom. The van der Waals surface area contributed by atoms with Gasteiger partial charge in [-0.1, -0.05) is 0 Å². The van der Waals surface area contributed by atoms with E-state index in [4.69, 9.17) is 4.74 Å². The molecule has 3 amide bonds. The lowest BCUT2D eigenvalue weighted by atomic mass is 9.93. The summed E-state index contributed by atoms with van der Waals surface area (Å²) in [4.78, 5) is 38.4. The van der Waals surface area contributed by atoms with Crippen LogP contribution in [0.25, 0.3) is 0 Å². The summed E-state index contributed by atoms with van der Waals surface area (Å²) >= 11 is 0. The molecule has 16 heteroatoms. The van der Waals surface area contributed by atoms with E-state index in [1.54, 1.807) is 5.32 Å². The fourth-order valence-corrected chi connectivity index (χ4v) is 6.03. The molecule has 2 aliphatic rings. The molecule has 218 valence electrons. The molecule has 2 aliphatic heterocycles. The van der Waals surface area contributed by atoms with E-state index >= 15 is 0 Å². The SMILES string of the molecule is Cc1cc(NC(=O)c2c3c(cn2C)S(=O)(=O)N[C@@H]2CN(C(=O)C(=O)N[C@@H](C)C(F)(F)F)CC[C@@H]2CO3)ccc1F. The number of likely N-dealkylation sites (tertiary alicyclic amines) is 1. The van der Waals surface area contributed by atoms with Crippen LogP contribution in [0.2, 0.25) is 0 Å². The zero-order valence-electron chi connectivity index (χ0n) is 21.6. The quantitative estimate of drug-likeness (QED) is 0.368. The molecule has 3 atom stereocenters. The third-order valence-corrected chi connectivity index (χ3v) is 8.33. The molecule has 0 saturated carbocycles. The minimum atomic E-state index is -4.74. The Kier molecular flexibility index (Phi) is 7.86. The van der Waals surface area contributed by atoms with Gasteiger partial charge in [-0.25, -0.2) is 17.5 Å². The molecule has 0 spiro atoms. The first-order chi connectivity index (χ1) is 18.6. The molecule has 2 aromatic rings. The molecule has 1 aromatic heterocycles. The first kappa shape index (κ1) is 29.3. The summed E-state index contributed by atoms with van der Waals surface area (Å²) in [7, 11) is -2.87. The number of nitrogens with zero attached hydrogens (tertiary/aromatic N) is 2. The highest BCUT2D eigenvalue weighted by Gasteiger charge is 2.42. The second kappa shape index (κ2) is 10.7. The van der Waals surface area contributed by atoms with Gasteiger partial charge < -0.3 is 24.8 Å². The van der Waals surface area contributed by atoms with Crippen molar-refractivity contribution in [3.63, 3.8) is 0 Å². The molecular formula is C24H27F4N5O6S. The summed E-state index contributed by atoms with van der Waals surface area (Å²) < 4.78 is 88.2. The number of anilines is 1. The topological polar surface area (TPSA) is 139 Å². The van der Waals surface area contributed by atoms with Gasteiger partial charge in [-0.15, -0.1) is 0 Å². The first-order valence-corrected chi connectivity index (χ1v) is 13.6. The van der Waals surface area contributed by atoms with Crippen molar-refractivity contribution < 1.29 is 45.1 Å². The second-order valence-electron chi connectivity index (χ2n) is 9.78. The lowest BCUT2D eigenvalue weighted by molar-refractivity contribution is -0.162. The van der Waals surface area contributed by atoms with Crippen LogP contribution in [-0.4, -0.2) is 73.6 Å². The molecule has 40 heavy (non-hydrogen) atoms. The van der Waals surface area contributed by atoms with Crippen LogP contribution in [0.5, 0.6) is 5.75 Å². The molecule has 0 unspecified atom stereocenters. The monoisotopic (exact) mass is 589 g/mol. The summed E-state index contributed by atoms with van der Waals surface area (Å²) in [6, 6.07) is 0.801. The van der Waals surface area contributed by atoms with Crippen LogP contribution in [0, 0.1) is 18.7 Å². The zero-order valence-corrected chi connectivity index (χ0v) is 22.5. The minimum absolute atomic E-state index is 0.0299. The smallest absolute Gasteiger partial charge is 0.408 e. The number of amides is 3. The lowest BCUT2D eigenvalue weighted by Crippen LogP contribution is -2.58. The lowest BCUT2D eigenvalue weighted by Gasteiger charge is -2.39. The number of hydrogen-bond donors (Lipinski definition) is 3. The highest BCUT2D eigenvalue weighted by molar-refractivity contribution is 7.89. The van der Waals surface area contributed by atoms with Crippen molar-refractivity contribution in [1.82, 2.24) is 19.5 Å². The third kappa shape index (κ3) is 5.91. The Hall–Kier alpha value is -3.66. The first-order valence-electron chi connectivity index (χ1n) is 12.2. The zero-order chi connectivity index (χ0) is 29.6. The van der Waals surface area contributed by atoms with Gasteiger partial charge in [-0.3, -0.25) is 14.4 Å². The second-order valence-corrected chi connectivity index (χ2v) is 11.5. The van der Waals surface area contributed by atoms with Crippen molar-refractivity contribution in [2.24, 2.45) is 13.0 Å². The number of carbonyl (C=O) groups excluding carboxylic acids is 3. The van der Waals surface area contributed by atoms with Gasteiger partial charge in [0.25, 0.3) is 5.91 Å². The predicted octanol–water partition coefficient (Wildman–Crippen LogP) is 1.68. The summed E-state index contributed by atoms with van der Waals surface area (Å²) in [6.07, 6.45) is -3.39. The highest BCUT2D eigenvalue weighted by Crippen LogP contribution is 2.35. The number of nitrogens with one attached hydrogen (secondary N) is 3. The number of halogens is 4. The Morgan fingerprint density at radius 3 is 2.58 bits per heavy atom. The van der Waals surface area contributed by atoms with E-state index in [1.165, 1.54) is 42.9 Å². The predicted molar refractivity (Wildman–Crippen MR) is 132 cm³/mol. The number of hydrogen-bond acceptors (Lipinski definition) is 6. The maximum Gasteiger partial charge on any atom is 0.408 e. The molecular weight excluding hydrogens is 562 g/mol. The van der Waals surface area contributed by atoms with Crippen molar-refractivity contribution in [1.29, 1.82) is 0 Å². The largest absolute Gasteiger partial charge is 0.489 e. The van der Waals surface area contributed by atoms with Crippen molar-refractivity contribution >= 4 is 33.4 Å². The maximum atomic E-state index is 13.6. The number of rotatable bonds is 3. The number of alkyl halides is 3. The van der Waals surface area contributed by atoms with Crippen molar-refractivity contribution in [2.75, 3.05) is 25.0 Å². The molecule has 11 nitrogen and oxygen atoms in total. The van der Waals surface area contributed by atoms with E-state index in [9.17, 15) is 40.4 Å². The van der Waals surface area contributed by atoms with Gasteiger partial charge >= 0.3 is 18.0 Å². The van der Waals surface area contributed by atoms with E-state index in [2.05, 4.69) is 10.0 Å². The van der Waals surface area contributed by atoms with Crippen LogP contribution in [-0.2, 0) is 26.7 Å². The van der Waals surface area contributed by atoms with Gasteiger partial charge in [0.15, 0.2) is 11.4 Å². The van der Waals surface area contributed by atoms with Crippen molar-refractivity contribution in [3.8, 4) is 5.75 Å². The third-order valence-electron chi connectivity index (χ3n) is 6.85. The standard InChI is InChI=1S/C24H27F4N5O6S/c1-12-8-15(4-5-16(12)25)30-21(34)19-20-18(10-32(19)3)40(37,38)31-17-9-33(7-6-14(17)11-39-20)23(36)22(35)29-13(2)24(26,27)28/h4-5,8,10,13-14,17,31H,6-7,9,11H2,1-3H3,(H,29,35)(H,30,34)/t13-,14+,17+/m0/s1. The van der Waals surface area contributed by atoms with E-state index in [1.807, 2.05) is 0 Å². The number of benzene rings is 1. The molecule has 0 radical (unpaired) electrons. The average Bonchev–Trinajstić information content (AvgIpc) is 3.20. The van der Waals surface area contributed by atoms with Crippen LogP contribution >= 0.6 is 0 Å². The van der Waals surface area contributed by atoms with Gasteiger partial charge in [0, 0.05) is 44.0 Å². The normalized spacial score (nSPS) is 21.1. The van der Waals surface area contributed by atoms with Gasteiger partial charge in [-0.05, 0) is 44.0 Å². The number of fused-ring (bicyclic) bond motifs is 2. The van der Waals surface area contributed by atoms with Crippen LogP contribution < -0.4 is 20.1 Å². The Labute approximate surface area is 226 Å². The molecule has 3 N–H and O–H groups in total. The Bertz CT molecular complexity index is 1460. The maximum absolute atomic E-state index is 13.6. The molecule has 1 fully saturated rings. The molecule has 3 heterocycles. The van der Waals surface area contributed by atoms with E-state index in [0.717, 1.165) is 4.90 Å². The van der Waals surface area contributed by atoms with Crippen LogP contribution in [0.3, 0.4) is 0 Å². The van der Waals surface area contributed by atoms with Gasteiger partial charge in [0.2, 0.25) is 10.0 Å². The number of ether oxygens (including phenoxy) is 1. The highest BCUT2D eigenvalue weighted by atomic mass is 32.2. The summed E-state index contributed by atoms with van der Waals surface area (Å²) in [5.41, 5.74) is 0.492. The summed E-state index contributed by atoms with van der Waals surface area (Å²) in [5.74, 6) is -4.50. The van der Waals surface area contributed by atoms with Crippen LogP contribution in [0.15, 0.2) is 29.3 Å². The molecule has 0 aliphatic carbocycles. The number of piperidine rings is 1. The summed E-state index contributed by atoms with van der Waals surface area (Å²) in [5, 5.41) is 4.21. The number of sulfonamides is 1.